The summed E-state index contributed by atoms with van der Waals surface area (Å²) in [5.41, 5.74) is 2.15. The zero-order valence-electron chi connectivity index (χ0n) is 12.5. The molecule has 0 aliphatic heterocycles. The van der Waals surface area contributed by atoms with Crippen molar-refractivity contribution in [3.8, 4) is 0 Å². The van der Waals surface area contributed by atoms with Crippen molar-refractivity contribution in [2.24, 2.45) is 0 Å². The molecule has 1 aliphatic rings. The van der Waals surface area contributed by atoms with E-state index in [-0.39, 0.29) is 18.2 Å². The Hall–Kier alpha value is -1.59. The van der Waals surface area contributed by atoms with Gasteiger partial charge in [-0.05, 0) is 36.8 Å². The van der Waals surface area contributed by atoms with Crippen LogP contribution in [0.4, 0.5) is 4.79 Å². The van der Waals surface area contributed by atoms with Crippen molar-refractivity contribution in [3.05, 3.63) is 35.4 Å². The second-order valence-electron chi connectivity index (χ2n) is 5.59. The molecule has 5 nitrogen and oxygen atoms in total. The Kier molecular flexibility index (Phi) is 6.02. The van der Waals surface area contributed by atoms with Gasteiger partial charge in [-0.1, -0.05) is 24.3 Å². The Labute approximate surface area is 125 Å². The van der Waals surface area contributed by atoms with Crippen LogP contribution in [0.15, 0.2) is 24.3 Å². The van der Waals surface area contributed by atoms with E-state index in [2.05, 4.69) is 10.6 Å². The predicted octanol–water partition coefficient (Wildman–Crippen LogP) is 1.94. The number of ether oxygens (including phenoxy) is 1. The number of amides is 2. The van der Waals surface area contributed by atoms with E-state index < -0.39 is 0 Å². The lowest BCUT2D eigenvalue weighted by Crippen LogP contribution is -2.43. The smallest absolute Gasteiger partial charge is 0.315 e. The van der Waals surface area contributed by atoms with Gasteiger partial charge in [0.2, 0.25) is 0 Å². The first-order valence-corrected chi connectivity index (χ1v) is 7.46. The first-order valence-electron chi connectivity index (χ1n) is 7.46. The largest absolute Gasteiger partial charge is 0.393 e. The third-order valence-corrected chi connectivity index (χ3v) is 3.79. The van der Waals surface area contributed by atoms with E-state index >= 15 is 0 Å². The first kappa shape index (κ1) is 15.8. The molecule has 0 spiro atoms. The molecule has 5 heteroatoms. The molecular weight excluding hydrogens is 268 g/mol. The molecule has 1 fully saturated rings. The fraction of sp³-hybridized carbons (Fsp3) is 0.562. The Morgan fingerprint density at radius 2 is 2.00 bits per heavy atom. The quantitative estimate of drug-likeness (QED) is 0.776. The molecule has 1 saturated carbocycles. The number of rotatable bonds is 5. The summed E-state index contributed by atoms with van der Waals surface area (Å²) < 4.78 is 5.10. The highest BCUT2D eigenvalue weighted by Gasteiger charge is 2.20. The molecule has 0 unspecified atom stereocenters. The average Bonchev–Trinajstić information content (AvgIpc) is 2.48. The number of hydrogen-bond donors (Lipinski definition) is 3. The van der Waals surface area contributed by atoms with Gasteiger partial charge in [-0.2, -0.15) is 0 Å². The molecule has 3 N–H and O–H groups in total. The van der Waals surface area contributed by atoms with Crippen LogP contribution in [0, 0.1) is 0 Å². The Bertz CT molecular complexity index is 457. The molecule has 2 amide bonds. The van der Waals surface area contributed by atoms with Gasteiger partial charge >= 0.3 is 6.03 Å². The molecule has 1 aromatic carbocycles. The van der Waals surface area contributed by atoms with Crippen molar-refractivity contribution in [2.75, 3.05) is 7.11 Å². The molecule has 0 atom stereocenters. The van der Waals surface area contributed by atoms with E-state index in [1.54, 1.807) is 7.11 Å². The van der Waals surface area contributed by atoms with Crippen LogP contribution in [0.3, 0.4) is 0 Å². The van der Waals surface area contributed by atoms with Gasteiger partial charge in [0, 0.05) is 19.7 Å². The van der Waals surface area contributed by atoms with Crippen LogP contribution in [0.5, 0.6) is 0 Å². The van der Waals surface area contributed by atoms with Crippen molar-refractivity contribution in [3.63, 3.8) is 0 Å². The number of methoxy groups -OCH3 is 1. The molecular formula is C16H24N2O3. The third kappa shape index (κ3) is 5.36. The Morgan fingerprint density at radius 3 is 2.71 bits per heavy atom. The molecule has 116 valence electrons. The van der Waals surface area contributed by atoms with E-state index in [9.17, 15) is 9.90 Å². The SMILES string of the molecule is COCc1cccc(CNC(=O)NC2CCC(O)CC2)c1. The maximum Gasteiger partial charge on any atom is 0.315 e. The number of aliphatic hydroxyl groups excluding tert-OH is 1. The molecule has 1 aliphatic carbocycles. The van der Waals surface area contributed by atoms with Gasteiger partial charge in [0.25, 0.3) is 0 Å². The number of urea groups is 1. The summed E-state index contributed by atoms with van der Waals surface area (Å²) in [6, 6.07) is 8.00. The van der Waals surface area contributed by atoms with Crippen molar-refractivity contribution >= 4 is 6.03 Å². The summed E-state index contributed by atoms with van der Waals surface area (Å²) in [7, 11) is 1.67. The lowest BCUT2D eigenvalue weighted by atomic mass is 9.93. The average molecular weight is 292 g/mol. The number of aliphatic hydroxyl groups is 1. The molecule has 21 heavy (non-hydrogen) atoms. The van der Waals surface area contributed by atoms with E-state index in [4.69, 9.17) is 4.74 Å². The van der Waals surface area contributed by atoms with Crippen LogP contribution in [0.1, 0.15) is 36.8 Å². The van der Waals surface area contributed by atoms with Gasteiger partial charge in [-0.3, -0.25) is 0 Å². The summed E-state index contributed by atoms with van der Waals surface area (Å²) in [5, 5.41) is 15.3. The second-order valence-corrected chi connectivity index (χ2v) is 5.59. The van der Waals surface area contributed by atoms with Crippen LogP contribution in [-0.2, 0) is 17.9 Å². The normalized spacial score (nSPS) is 21.8. The summed E-state index contributed by atoms with van der Waals surface area (Å²) in [4.78, 5) is 11.9. The van der Waals surface area contributed by atoms with Gasteiger partial charge in [0.05, 0.1) is 12.7 Å². The zero-order valence-corrected chi connectivity index (χ0v) is 12.5. The molecule has 0 radical (unpaired) electrons. The number of benzene rings is 1. The minimum absolute atomic E-state index is 0.145. The van der Waals surface area contributed by atoms with Gasteiger partial charge in [-0.25, -0.2) is 4.79 Å². The highest BCUT2D eigenvalue weighted by molar-refractivity contribution is 5.74. The van der Waals surface area contributed by atoms with E-state index in [1.807, 2.05) is 24.3 Å². The maximum atomic E-state index is 11.9. The van der Waals surface area contributed by atoms with Crippen molar-refractivity contribution in [1.29, 1.82) is 0 Å². The van der Waals surface area contributed by atoms with Crippen molar-refractivity contribution < 1.29 is 14.6 Å². The van der Waals surface area contributed by atoms with Crippen molar-refractivity contribution in [1.82, 2.24) is 10.6 Å². The molecule has 0 saturated heterocycles. The fourth-order valence-electron chi connectivity index (χ4n) is 2.63. The summed E-state index contributed by atoms with van der Waals surface area (Å²) in [6.07, 6.45) is 3.03. The first-order chi connectivity index (χ1) is 10.2. The van der Waals surface area contributed by atoms with Gasteiger partial charge in [-0.15, -0.1) is 0 Å². The Morgan fingerprint density at radius 1 is 1.29 bits per heavy atom. The standard InChI is InChI=1S/C16H24N2O3/c1-21-11-13-4-2-3-12(9-13)10-17-16(20)18-14-5-7-15(19)8-6-14/h2-4,9,14-15,19H,5-8,10-11H2,1H3,(H2,17,18,20). The third-order valence-electron chi connectivity index (χ3n) is 3.79. The van der Waals surface area contributed by atoms with Gasteiger partial charge in [0.15, 0.2) is 0 Å². The van der Waals surface area contributed by atoms with Gasteiger partial charge in [0.1, 0.15) is 0 Å². The number of hydrogen-bond acceptors (Lipinski definition) is 3. The van der Waals surface area contributed by atoms with Crippen LogP contribution in [0.2, 0.25) is 0 Å². The monoisotopic (exact) mass is 292 g/mol. The van der Waals surface area contributed by atoms with Crippen LogP contribution in [0.25, 0.3) is 0 Å². The minimum Gasteiger partial charge on any atom is -0.393 e. The molecule has 1 aromatic rings. The lowest BCUT2D eigenvalue weighted by Gasteiger charge is -2.26. The predicted molar refractivity (Wildman–Crippen MR) is 80.8 cm³/mol. The number of carbonyl (C=O) groups is 1. The van der Waals surface area contributed by atoms with Crippen molar-refractivity contribution in [2.45, 2.75) is 51.0 Å². The van der Waals surface area contributed by atoms with E-state index in [1.165, 1.54) is 0 Å². The molecule has 0 bridgehead atoms. The number of carbonyl (C=O) groups excluding carboxylic acids is 1. The Balaban J connectivity index is 1.74. The minimum atomic E-state index is -0.199. The summed E-state index contributed by atoms with van der Waals surface area (Å²) >= 11 is 0. The van der Waals surface area contributed by atoms with Crippen LogP contribution >= 0.6 is 0 Å². The fourth-order valence-corrected chi connectivity index (χ4v) is 2.63. The van der Waals surface area contributed by atoms with E-state index in [0.717, 1.165) is 36.8 Å². The van der Waals surface area contributed by atoms with Crippen LogP contribution < -0.4 is 10.6 Å². The maximum absolute atomic E-state index is 11.9. The summed E-state index contributed by atoms with van der Waals surface area (Å²) in [5.74, 6) is 0. The van der Waals surface area contributed by atoms with Gasteiger partial charge < -0.3 is 20.5 Å². The van der Waals surface area contributed by atoms with E-state index in [0.29, 0.717) is 13.2 Å². The highest BCUT2D eigenvalue weighted by atomic mass is 16.5. The number of nitrogens with one attached hydrogen (secondary N) is 2. The topological polar surface area (TPSA) is 70.6 Å². The molecule has 2 rings (SSSR count). The highest BCUT2D eigenvalue weighted by Crippen LogP contribution is 2.18. The molecule has 0 heterocycles. The lowest BCUT2D eigenvalue weighted by molar-refractivity contribution is 0.117. The summed E-state index contributed by atoms with van der Waals surface area (Å²) in [6.45, 7) is 1.07. The second kappa shape index (κ2) is 8.00. The molecule has 0 aromatic heterocycles. The van der Waals surface area contributed by atoms with Crippen LogP contribution in [-0.4, -0.2) is 30.4 Å². The zero-order chi connectivity index (χ0) is 15.1.